The lowest BCUT2D eigenvalue weighted by atomic mass is 10.0. The number of ether oxygens (including phenoxy) is 1. The number of nitrogens with zero attached hydrogens (tertiary/aromatic N) is 2. The molecule has 6 nitrogen and oxygen atoms in total. The van der Waals surface area contributed by atoms with Crippen molar-refractivity contribution >= 4 is 39.0 Å². The van der Waals surface area contributed by atoms with Crippen LogP contribution in [-0.4, -0.2) is 55.6 Å². The average molecular weight is 466 g/mol. The van der Waals surface area contributed by atoms with Gasteiger partial charge in [-0.3, -0.25) is 14.6 Å². The van der Waals surface area contributed by atoms with E-state index in [1.54, 1.807) is 11.8 Å². The number of nitrogens with one attached hydrogen (secondary N) is 1. The topological polar surface area (TPSA) is 61.9 Å². The molecule has 2 heterocycles. The highest BCUT2D eigenvalue weighted by Crippen LogP contribution is 2.25. The molecule has 1 saturated heterocycles. The van der Waals surface area contributed by atoms with Gasteiger partial charge in [0.15, 0.2) is 0 Å². The number of rotatable bonds is 9. The highest BCUT2D eigenvalue weighted by Gasteiger charge is 2.30. The second-order valence-electron chi connectivity index (χ2n) is 8.52. The zero-order valence-electron chi connectivity index (χ0n) is 19.2. The van der Waals surface area contributed by atoms with Crippen LogP contribution in [0.15, 0.2) is 60.0 Å². The zero-order chi connectivity index (χ0) is 23.2. The SMILES string of the molecule is COC(=O)[C@H](C)N(C(=O)CN(Cc1cccc2ccccc12)C[C@@H]1CCCN1)c1cccs1. The van der Waals surface area contributed by atoms with Crippen LogP contribution in [0.25, 0.3) is 10.8 Å². The Balaban J connectivity index is 1.59. The van der Waals surface area contributed by atoms with Crippen LogP contribution in [0.2, 0.25) is 0 Å². The first-order valence-corrected chi connectivity index (χ1v) is 12.3. The second-order valence-corrected chi connectivity index (χ2v) is 9.44. The molecule has 3 aromatic rings. The van der Waals surface area contributed by atoms with E-state index in [9.17, 15) is 9.59 Å². The van der Waals surface area contributed by atoms with Gasteiger partial charge in [0.25, 0.3) is 0 Å². The first-order valence-electron chi connectivity index (χ1n) is 11.4. The molecule has 0 spiro atoms. The van der Waals surface area contributed by atoms with Gasteiger partial charge in [-0.05, 0) is 60.2 Å². The van der Waals surface area contributed by atoms with E-state index in [1.807, 2.05) is 23.6 Å². The van der Waals surface area contributed by atoms with Crippen molar-refractivity contribution in [1.82, 2.24) is 10.2 Å². The average Bonchev–Trinajstić information content (AvgIpc) is 3.53. The van der Waals surface area contributed by atoms with E-state index in [0.29, 0.717) is 12.6 Å². The highest BCUT2D eigenvalue weighted by atomic mass is 32.1. The number of amides is 1. The highest BCUT2D eigenvalue weighted by molar-refractivity contribution is 7.14. The molecule has 0 bridgehead atoms. The molecule has 0 radical (unpaired) electrons. The Bertz CT molecular complexity index is 1070. The van der Waals surface area contributed by atoms with Gasteiger partial charge in [-0.25, -0.2) is 4.79 Å². The van der Waals surface area contributed by atoms with E-state index in [-0.39, 0.29) is 12.5 Å². The van der Waals surface area contributed by atoms with E-state index in [0.717, 1.165) is 30.9 Å². The van der Waals surface area contributed by atoms with E-state index in [4.69, 9.17) is 4.74 Å². The van der Waals surface area contributed by atoms with Crippen molar-refractivity contribution in [3.63, 3.8) is 0 Å². The van der Waals surface area contributed by atoms with Crippen molar-refractivity contribution in [3.05, 3.63) is 65.5 Å². The molecular weight excluding hydrogens is 434 g/mol. The summed E-state index contributed by atoms with van der Waals surface area (Å²) in [5, 5.41) is 8.61. The van der Waals surface area contributed by atoms with Gasteiger partial charge in [0.2, 0.25) is 5.91 Å². The summed E-state index contributed by atoms with van der Waals surface area (Å²) in [4.78, 5) is 29.7. The van der Waals surface area contributed by atoms with Crippen LogP contribution in [0.1, 0.15) is 25.3 Å². The Kier molecular flexibility index (Phi) is 7.75. The van der Waals surface area contributed by atoms with Crippen molar-refractivity contribution in [2.45, 2.75) is 38.4 Å². The number of methoxy groups -OCH3 is 1. The van der Waals surface area contributed by atoms with Crippen molar-refractivity contribution < 1.29 is 14.3 Å². The quantitative estimate of drug-likeness (QED) is 0.483. The summed E-state index contributed by atoms with van der Waals surface area (Å²) < 4.78 is 4.95. The van der Waals surface area contributed by atoms with Crippen molar-refractivity contribution in [1.29, 1.82) is 0 Å². The minimum absolute atomic E-state index is 0.103. The molecule has 2 aromatic carbocycles. The van der Waals surface area contributed by atoms with Gasteiger partial charge in [-0.1, -0.05) is 42.5 Å². The lowest BCUT2D eigenvalue weighted by molar-refractivity contribution is -0.143. The van der Waals surface area contributed by atoms with Gasteiger partial charge in [0.05, 0.1) is 18.7 Å². The summed E-state index contributed by atoms with van der Waals surface area (Å²) in [6.07, 6.45) is 2.26. The number of hydrogen-bond donors (Lipinski definition) is 1. The van der Waals surface area contributed by atoms with E-state index >= 15 is 0 Å². The normalized spacial score (nSPS) is 16.8. The molecule has 0 unspecified atom stereocenters. The summed E-state index contributed by atoms with van der Waals surface area (Å²) in [5.74, 6) is -0.525. The smallest absolute Gasteiger partial charge is 0.328 e. The van der Waals surface area contributed by atoms with Gasteiger partial charge in [-0.2, -0.15) is 0 Å². The zero-order valence-corrected chi connectivity index (χ0v) is 20.0. The molecule has 1 N–H and O–H groups in total. The van der Waals surface area contributed by atoms with Crippen molar-refractivity contribution in [3.8, 4) is 0 Å². The van der Waals surface area contributed by atoms with Gasteiger partial charge in [0.1, 0.15) is 6.04 Å². The van der Waals surface area contributed by atoms with Crippen LogP contribution in [0.3, 0.4) is 0 Å². The minimum Gasteiger partial charge on any atom is -0.467 e. The Labute approximate surface area is 199 Å². The molecule has 2 atom stereocenters. The van der Waals surface area contributed by atoms with E-state index < -0.39 is 12.0 Å². The molecule has 0 aliphatic carbocycles. The predicted molar refractivity (Wildman–Crippen MR) is 134 cm³/mol. The summed E-state index contributed by atoms with van der Waals surface area (Å²) in [7, 11) is 1.36. The van der Waals surface area contributed by atoms with Crippen molar-refractivity contribution in [2.75, 3.05) is 31.6 Å². The van der Waals surface area contributed by atoms with E-state index in [1.165, 1.54) is 34.8 Å². The Morgan fingerprint density at radius 2 is 1.97 bits per heavy atom. The number of hydrogen-bond acceptors (Lipinski definition) is 6. The number of carbonyl (C=O) groups is 2. The van der Waals surface area contributed by atoms with Gasteiger partial charge < -0.3 is 10.1 Å². The Hall–Kier alpha value is -2.74. The maximum atomic E-state index is 13.6. The molecule has 33 heavy (non-hydrogen) atoms. The van der Waals surface area contributed by atoms with Crippen molar-refractivity contribution in [2.24, 2.45) is 0 Å². The molecule has 7 heteroatoms. The number of benzene rings is 2. The van der Waals surface area contributed by atoms with E-state index in [2.05, 4.69) is 46.6 Å². The fourth-order valence-corrected chi connectivity index (χ4v) is 5.39. The molecule has 1 amide bonds. The largest absolute Gasteiger partial charge is 0.467 e. The molecule has 174 valence electrons. The summed E-state index contributed by atoms with van der Waals surface area (Å²) >= 11 is 1.45. The monoisotopic (exact) mass is 465 g/mol. The number of carbonyl (C=O) groups excluding carboxylic acids is 2. The van der Waals surface area contributed by atoms with Gasteiger partial charge in [0, 0.05) is 19.1 Å². The number of anilines is 1. The summed E-state index contributed by atoms with van der Waals surface area (Å²) in [6, 6.07) is 18.1. The van der Waals surface area contributed by atoms with Crippen LogP contribution in [0.5, 0.6) is 0 Å². The van der Waals surface area contributed by atoms with Crippen LogP contribution in [-0.2, 0) is 20.9 Å². The fraction of sp³-hybridized carbons (Fsp3) is 0.385. The number of esters is 1. The maximum absolute atomic E-state index is 13.6. The van der Waals surface area contributed by atoms with Crippen LogP contribution in [0.4, 0.5) is 5.00 Å². The first kappa shape index (κ1) is 23.4. The Morgan fingerprint density at radius 3 is 2.70 bits per heavy atom. The maximum Gasteiger partial charge on any atom is 0.328 e. The van der Waals surface area contributed by atoms with Gasteiger partial charge in [-0.15, -0.1) is 11.3 Å². The fourth-order valence-electron chi connectivity index (χ4n) is 4.56. The molecule has 1 aliphatic heterocycles. The minimum atomic E-state index is -0.690. The van der Waals surface area contributed by atoms with Crippen LogP contribution in [0, 0.1) is 0 Å². The molecule has 4 rings (SSSR count). The Morgan fingerprint density at radius 1 is 1.15 bits per heavy atom. The number of fused-ring (bicyclic) bond motifs is 1. The predicted octanol–water partition coefficient (Wildman–Crippen LogP) is 4.05. The van der Waals surface area contributed by atoms with Gasteiger partial charge >= 0.3 is 5.97 Å². The second kappa shape index (κ2) is 10.9. The molecule has 1 fully saturated rings. The van der Waals surface area contributed by atoms with Crippen LogP contribution >= 0.6 is 11.3 Å². The molecule has 1 aromatic heterocycles. The standard InChI is InChI=1S/C26H31N3O3S/c1-19(26(31)32-2)29(25-13-7-15-33-25)24(30)18-28(17-22-11-6-14-27-22)16-21-10-5-9-20-8-3-4-12-23(20)21/h3-5,7-10,12-13,15,19,22,27H,6,11,14,16-18H2,1-2H3/t19-,22-/m0/s1. The third-order valence-electron chi connectivity index (χ3n) is 6.22. The third-order valence-corrected chi connectivity index (χ3v) is 7.08. The number of thiophene rings is 1. The lowest BCUT2D eigenvalue weighted by Gasteiger charge is -2.31. The third kappa shape index (κ3) is 5.61. The molecule has 0 saturated carbocycles. The summed E-state index contributed by atoms with van der Waals surface area (Å²) in [5.41, 5.74) is 1.20. The lowest BCUT2D eigenvalue weighted by Crippen LogP contribution is -2.49. The molecule has 1 aliphatic rings. The molecular formula is C26H31N3O3S. The first-order chi connectivity index (χ1) is 16.1. The van der Waals surface area contributed by atoms with Crippen LogP contribution < -0.4 is 10.2 Å². The summed E-state index contributed by atoms with van der Waals surface area (Å²) in [6.45, 7) is 4.40.